The van der Waals surface area contributed by atoms with Crippen molar-refractivity contribution in [3.8, 4) is 0 Å². The number of carbonyl (C=O) groups is 2. The zero-order chi connectivity index (χ0) is 18.3. The molecule has 0 aliphatic carbocycles. The van der Waals surface area contributed by atoms with Crippen LogP contribution in [0.5, 0.6) is 0 Å². The summed E-state index contributed by atoms with van der Waals surface area (Å²) in [6.07, 6.45) is -1.46. The average Bonchev–Trinajstić information content (AvgIpc) is 2.42. The molecule has 2 amide bonds. The van der Waals surface area contributed by atoms with E-state index in [1.165, 1.54) is 6.07 Å². The number of aliphatic hydroxyl groups excluding tert-OH is 1. The van der Waals surface area contributed by atoms with Crippen molar-refractivity contribution in [3.05, 3.63) is 33.8 Å². The van der Waals surface area contributed by atoms with E-state index in [-0.39, 0.29) is 25.4 Å². The van der Waals surface area contributed by atoms with Gasteiger partial charge in [-0.05, 0) is 32.9 Å². The molecule has 1 unspecified atom stereocenters. The largest absolute Gasteiger partial charge is 0.444 e. The molecule has 24 heavy (non-hydrogen) atoms. The summed E-state index contributed by atoms with van der Waals surface area (Å²) in [6.45, 7) is 5.40. The fourth-order valence-electron chi connectivity index (χ4n) is 1.77. The monoisotopic (exact) mass is 376 g/mol. The Hall–Kier alpha value is -1.50. The quantitative estimate of drug-likeness (QED) is 0.711. The molecule has 1 rings (SSSR count). The van der Waals surface area contributed by atoms with Crippen molar-refractivity contribution in [1.82, 2.24) is 10.6 Å². The molecule has 0 aliphatic rings. The standard InChI is InChI=1S/C16H22Cl2N2O4/c1-16(2,3)24-15(23)19-7-6-14(22)20-9-13(21)11-5-4-10(17)8-12(11)18/h4-5,8,13,21H,6-7,9H2,1-3H3,(H,19,23)(H,20,22). The van der Waals surface area contributed by atoms with Crippen LogP contribution in [0.15, 0.2) is 18.2 Å². The number of alkyl carbamates (subject to hydrolysis) is 1. The van der Waals surface area contributed by atoms with Crippen LogP contribution < -0.4 is 10.6 Å². The number of rotatable bonds is 6. The first-order valence-corrected chi connectivity index (χ1v) is 8.20. The van der Waals surface area contributed by atoms with Crippen LogP contribution in [0.2, 0.25) is 10.0 Å². The lowest BCUT2D eigenvalue weighted by Crippen LogP contribution is -2.36. The van der Waals surface area contributed by atoms with Gasteiger partial charge in [-0.2, -0.15) is 0 Å². The fourth-order valence-corrected chi connectivity index (χ4v) is 2.31. The van der Waals surface area contributed by atoms with Gasteiger partial charge in [0.2, 0.25) is 5.91 Å². The topological polar surface area (TPSA) is 87.7 Å². The second-order valence-corrected chi connectivity index (χ2v) is 7.01. The highest BCUT2D eigenvalue weighted by molar-refractivity contribution is 6.35. The molecular weight excluding hydrogens is 355 g/mol. The van der Waals surface area contributed by atoms with Gasteiger partial charge in [-0.15, -0.1) is 0 Å². The third-order valence-corrected chi connectivity index (χ3v) is 3.40. The molecule has 6 nitrogen and oxygen atoms in total. The zero-order valence-corrected chi connectivity index (χ0v) is 15.4. The Morgan fingerprint density at radius 3 is 2.50 bits per heavy atom. The highest BCUT2D eigenvalue weighted by Crippen LogP contribution is 2.25. The van der Waals surface area contributed by atoms with E-state index in [4.69, 9.17) is 27.9 Å². The van der Waals surface area contributed by atoms with Gasteiger partial charge < -0.3 is 20.5 Å². The molecule has 0 spiro atoms. The van der Waals surface area contributed by atoms with Crippen LogP contribution in [0.25, 0.3) is 0 Å². The Balaban J connectivity index is 2.32. The van der Waals surface area contributed by atoms with E-state index in [9.17, 15) is 14.7 Å². The lowest BCUT2D eigenvalue weighted by molar-refractivity contribution is -0.121. The fraction of sp³-hybridized carbons (Fsp3) is 0.500. The Morgan fingerprint density at radius 1 is 1.25 bits per heavy atom. The molecule has 0 fully saturated rings. The predicted octanol–water partition coefficient (Wildman–Crippen LogP) is 3.06. The molecule has 0 aliphatic heterocycles. The first kappa shape index (κ1) is 20.5. The zero-order valence-electron chi connectivity index (χ0n) is 13.9. The van der Waals surface area contributed by atoms with E-state index in [0.29, 0.717) is 15.6 Å². The number of halogens is 2. The van der Waals surface area contributed by atoms with Crippen LogP contribution in [-0.2, 0) is 9.53 Å². The maximum Gasteiger partial charge on any atom is 0.407 e. The number of hydrogen-bond acceptors (Lipinski definition) is 4. The Morgan fingerprint density at radius 2 is 1.92 bits per heavy atom. The summed E-state index contributed by atoms with van der Waals surface area (Å²) in [5, 5.41) is 15.9. The van der Waals surface area contributed by atoms with Gasteiger partial charge in [0.05, 0.1) is 6.10 Å². The van der Waals surface area contributed by atoms with Crippen LogP contribution in [0.1, 0.15) is 38.9 Å². The van der Waals surface area contributed by atoms with E-state index in [1.54, 1.807) is 32.9 Å². The van der Waals surface area contributed by atoms with E-state index in [1.807, 2.05) is 0 Å². The second kappa shape index (κ2) is 9.11. The first-order valence-electron chi connectivity index (χ1n) is 7.45. The number of nitrogens with one attached hydrogen (secondary N) is 2. The molecule has 0 heterocycles. The highest BCUT2D eigenvalue weighted by Gasteiger charge is 2.16. The van der Waals surface area contributed by atoms with E-state index < -0.39 is 17.8 Å². The number of aliphatic hydroxyl groups is 1. The van der Waals surface area contributed by atoms with Gasteiger partial charge in [-0.3, -0.25) is 4.79 Å². The summed E-state index contributed by atoms with van der Waals surface area (Å²) in [7, 11) is 0. The molecule has 0 saturated carbocycles. The molecule has 1 aromatic carbocycles. The van der Waals surface area contributed by atoms with E-state index in [2.05, 4.69) is 10.6 Å². The minimum Gasteiger partial charge on any atom is -0.444 e. The van der Waals surface area contributed by atoms with Crippen LogP contribution in [0.4, 0.5) is 4.79 Å². The van der Waals surface area contributed by atoms with Crippen molar-refractivity contribution in [2.75, 3.05) is 13.1 Å². The summed E-state index contributed by atoms with van der Waals surface area (Å²) in [5.41, 5.74) is -0.109. The van der Waals surface area contributed by atoms with Crippen LogP contribution >= 0.6 is 23.2 Å². The second-order valence-electron chi connectivity index (χ2n) is 6.16. The molecule has 134 valence electrons. The number of carbonyl (C=O) groups excluding carboxylic acids is 2. The summed E-state index contributed by atoms with van der Waals surface area (Å²) < 4.78 is 5.05. The minimum absolute atomic E-state index is 0.00657. The molecule has 8 heteroatoms. The van der Waals surface area contributed by atoms with Crippen molar-refractivity contribution < 1.29 is 19.4 Å². The number of ether oxygens (including phenoxy) is 1. The number of benzene rings is 1. The van der Waals surface area contributed by atoms with E-state index in [0.717, 1.165) is 0 Å². The summed E-state index contributed by atoms with van der Waals surface area (Å²) >= 11 is 11.8. The molecule has 0 saturated heterocycles. The SMILES string of the molecule is CC(C)(C)OC(=O)NCCC(=O)NCC(O)c1ccc(Cl)cc1Cl. The van der Waals surface area contributed by atoms with Gasteiger partial charge >= 0.3 is 6.09 Å². The van der Waals surface area contributed by atoms with Gasteiger partial charge in [0.1, 0.15) is 5.60 Å². The molecule has 0 bridgehead atoms. The van der Waals surface area contributed by atoms with Crippen molar-refractivity contribution in [2.45, 2.75) is 38.9 Å². The van der Waals surface area contributed by atoms with Crippen molar-refractivity contribution in [3.63, 3.8) is 0 Å². The molecular formula is C16H22Cl2N2O4. The lowest BCUT2D eigenvalue weighted by atomic mass is 10.1. The average molecular weight is 377 g/mol. The molecule has 1 aromatic rings. The lowest BCUT2D eigenvalue weighted by Gasteiger charge is -2.19. The van der Waals surface area contributed by atoms with Gasteiger partial charge in [-0.1, -0.05) is 29.3 Å². The minimum atomic E-state index is -0.947. The summed E-state index contributed by atoms with van der Waals surface area (Å²) in [4.78, 5) is 23.1. The van der Waals surface area contributed by atoms with Crippen molar-refractivity contribution >= 4 is 35.2 Å². The van der Waals surface area contributed by atoms with Gasteiger partial charge in [0, 0.05) is 35.1 Å². The van der Waals surface area contributed by atoms with Gasteiger partial charge in [0.25, 0.3) is 0 Å². The van der Waals surface area contributed by atoms with Crippen LogP contribution in [0.3, 0.4) is 0 Å². The third kappa shape index (κ3) is 7.86. The predicted molar refractivity (Wildman–Crippen MR) is 93.3 cm³/mol. The van der Waals surface area contributed by atoms with Gasteiger partial charge in [0.15, 0.2) is 0 Å². The summed E-state index contributed by atoms with van der Waals surface area (Å²) in [6, 6.07) is 4.73. The van der Waals surface area contributed by atoms with Crippen molar-refractivity contribution in [1.29, 1.82) is 0 Å². The van der Waals surface area contributed by atoms with E-state index >= 15 is 0 Å². The highest BCUT2D eigenvalue weighted by atomic mass is 35.5. The van der Waals surface area contributed by atoms with Crippen LogP contribution in [-0.4, -0.2) is 35.8 Å². The Bertz CT molecular complexity index is 588. The number of hydrogen-bond donors (Lipinski definition) is 3. The van der Waals surface area contributed by atoms with Crippen LogP contribution in [0, 0.1) is 0 Å². The molecule has 1 atom stereocenters. The summed E-state index contributed by atoms with van der Waals surface area (Å²) in [5.74, 6) is -0.310. The maximum atomic E-state index is 11.7. The third-order valence-electron chi connectivity index (χ3n) is 2.83. The maximum absolute atomic E-state index is 11.7. The Labute approximate surface area is 151 Å². The first-order chi connectivity index (χ1) is 11.1. The normalized spacial score (nSPS) is 12.4. The number of amides is 2. The molecule has 0 radical (unpaired) electrons. The molecule has 0 aromatic heterocycles. The van der Waals surface area contributed by atoms with Crippen molar-refractivity contribution in [2.24, 2.45) is 0 Å². The molecule has 3 N–H and O–H groups in total. The Kier molecular flexibility index (Phi) is 7.79. The van der Waals surface area contributed by atoms with Gasteiger partial charge in [-0.25, -0.2) is 4.79 Å². The smallest absolute Gasteiger partial charge is 0.407 e.